The van der Waals surface area contributed by atoms with E-state index in [0.29, 0.717) is 6.54 Å². The van der Waals surface area contributed by atoms with Gasteiger partial charge in [-0.1, -0.05) is 35.9 Å². The minimum Gasteiger partial charge on any atom is -0.337 e. The molecular weight excluding hydrogens is 292 g/mol. The van der Waals surface area contributed by atoms with Gasteiger partial charge in [0.15, 0.2) is 0 Å². The summed E-state index contributed by atoms with van der Waals surface area (Å²) in [5, 5.41) is 1.03. The van der Waals surface area contributed by atoms with Crippen molar-refractivity contribution in [2.75, 3.05) is 7.05 Å². The van der Waals surface area contributed by atoms with Crippen molar-refractivity contribution < 1.29 is 4.79 Å². The number of aryl methyl sites for hydroxylation is 2. The second kappa shape index (κ2) is 7.90. The molecule has 0 fully saturated rings. The number of rotatable bonds is 6. The van der Waals surface area contributed by atoms with Gasteiger partial charge in [0.25, 0.3) is 0 Å². The Morgan fingerprint density at radius 1 is 1.32 bits per heavy atom. The molecule has 0 aliphatic carbocycles. The summed E-state index contributed by atoms with van der Waals surface area (Å²) in [6.45, 7) is 4.61. The molecule has 0 N–H and O–H groups in total. The van der Waals surface area contributed by atoms with Crippen LogP contribution in [-0.2, 0) is 17.8 Å². The molecule has 1 aromatic carbocycles. The van der Waals surface area contributed by atoms with Gasteiger partial charge in [0.1, 0.15) is 0 Å². The summed E-state index contributed by atoms with van der Waals surface area (Å²) in [6.07, 6.45) is 5.46. The number of amides is 1. The van der Waals surface area contributed by atoms with Gasteiger partial charge in [-0.05, 0) is 32.3 Å². The lowest BCUT2D eigenvalue weighted by Crippen LogP contribution is -2.24. The summed E-state index contributed by atoms with van der Waals surface area (Å²) >= 11 is 1.63. The quantitative estimate of drug-likeness (QED) is 0.755. The van der Waals surface area contributed by atoms with E-state index in [-0.39, 0.29) is 5.91 Å². The van der Waals surface area contributed by atoms with E-state index >= 15 is 0 Å². The van der Waals surface area contributed by atoms with Crippen LogP contribution in [0.1, 0.15) is 28.8 Å². The molecule has 0 saturated carbocycles. The van der Waals surface area contributed by atoms with Crippen molar-refractivity contribution in [1.82, 2.24) is 9.88 Å². The molecule has 3 nitrogen and oxygen atoms in total. The third-order valence-corrected chi connectivity index (χ3v) is 4.36. The van der Waals surface area contributed by atoms with Crippen molar-refractivity contribution in [3.8, 4) is 0 Å². The maximum Gasteiger partial charge on any atom is 0.246 e. The maximum absolute atomic E-state index is 12.2. The van der Waals surface area contributed by atoms with Crippen LogP contribution in [0.25, 0.3) is 0 Å². The van der Waals surface area contributed by atoms with Crippen LogP contribution in [0.15, 0.2) is 48.2 Å². The zero-order chi connectivity index (χ0) is 15.9. The van der Waals surface area contributed by atoms with E-state index in [1.165, 1.54) is 5.56 Å². The molecule has 0 aliphatic rings. The number of nitrogens with zero attached hydrogens (tertiary/aromatic N) is 2. The number of hydrogen-bond acceptors (Lipinski definition) is 3. The Bertz CT molecular complexity index is 646. The predicted molar refractivity (Wildman–Crippen MR) is 91.8 cm³/mol. The van der Waals surface area contributed by atoms with E-state index in [0.717, 1.165) is 28.3 Å². The Morgan fingerprint density at radius 3 is 2.68 bits per heavy atom. The monoisotopic (exact) mass is 314 g/mol. The van der Waals surface area contributed by atoms with Crippen molar-refractivity contribution in [3.63, 3.8) is 0 Å². The van der Waals surface area contributed by atoms with Crippen molar-refractivity contribution in [3.05, 3.63) is 63.6 Å². The van der Waals surface area contributed by atoms with Gasteiger partial charge in [0.2, 0.25) is 5.91 Å². The van der Waals surface area contributed by atoms with Gasteiger partial charge in [-0.3, -0.25) is 4.79 Å². The first-order valence-corrected chi connectivity index (χ1v) is 8.24. The average Bonchev–Trinajstić information content (AvgIpc) is 2.91. The van der Waals surface area contributed by atoms with Crippen molar-refractivity contribution in [1.29, 1.82) is 0 Å². The molecule has 0 bridgehead atoms. The Morgan fingerprint density at radius 2 is 2.05 bits per heavy atom. The first kappa shape index (κ1) is 16.4. The van der Waals surface area contributed by atoms with Crippen LogP contribution >= 0.6 is 11.3 Å². The molecular formula is C18H22N2OS. The second-order valence-corrected chi connectivity index (χ2v) is 6.84. The van der Waals surface area contributed by atoms with Crippen LogP contribution in [0.4, 0.5) is 0 Å². The lowest BCUT2D eigenvalue weighted by molar-refractivity contribution is -0.125. The number of benzene rings is 1. The summed E-state index contributed by atoms with van der Waals surface area (Å²) in [6, 6.07) is 10.3. The molecule has 2 aromatic rings. The van der Waals surface area contributed by atoms with Gasteiger partial charge in [-0.25, -0.2) is 4.98 Å². The number of allylic oxidation sites excluding steroid dienone is 1. The highest BCUT2D eigenvalue weighted by atomic mass is 32.1. The first-order chi connectivity index (χ1) is 10.5. The number of carbonyl (C=O) groups excluding carboxylic acids is 1. The minimum absolute atomic E-state index is 0.0524. The molecule has 1 aromatic heterocycles. The van der Waals surface area contributed by atoms with Crippen molar-refractivity contribution in [2.24, 2.45) is 0 Å². The van der Waals surface area contributed by atoms with Crippen molar-refractivity contribution >= 4 is 17.2 Å². The Labute approximate surface area is 136 Å². The van der Waals surface area contributed by atoms with E-state index < -0.39 is 0 Å². The number of thiazole rings is 1. The lowest BCUT2D eigenvalue weighted by Gasteiger charge is -2.14. The normalized spacial score (nSPS) is 11.5. The maximum atomic E-state index is 12.2. The van der Waals surface area contributed by atoms with Crippen LogP contribution in [0.5, 0.6) is 0 Å². The lowest BCUT2D eigenvalue weighted by atomic mass is 10.1. The van der Waals surface area contributed by atoms with Gasteiger partial charge in [0, 0.05) is 24.2 Å². The van der Waals surface area contributed by atoms with E-state index in [4.69, 9.17) is 0 Å². The summed E-state index contributed by atoms with van der Waals surface area (Å²) in [7, 11) is 1.83. The summed E-state index contributed by atoms with van der Waals surface area (Å²) in [5.41, 5.74) is 2.41. The molecule has 4 heteroatoms. The average molecular weight is 314 g/mol. The van der Waals surface area contributed by atoms with E-state index in [2.05, 4.69) is 17.1 Å². The van der Waals surface area contributed by atoms with Gasteiger partial charge in [-0.15, -0.1) is 11.3 Å². The molecule has 2 rings (SSSR count). The highest BCUT2D eigenvalue weighted by molar-refractivity contribution is 7.11. The molecule has 22 heavy (non-hydrogen) atoms. The molecule has 0 spiro atoms. The topological polar surface area (TPSA) is 33.2 Å². The third kappa shape index (κ3) is 5.11. The fraction of sp³-hybridized carbons (Fsp3) is 0.333. The smallest absolute Gasteiger partial charge is 0.246 e. The summed E-state index contributed by atoms with van der Waals surface area (Å²) in [5.74, 6) is 0.0524. The molecule has 0 atom stereocenters. The number of hydrogen-bond donors (Lipinski definition) is 0. The van der Waals surface area contributed by atoms with Crippen LogP contribution in [0, 0.1) is 6.92 Å². The van der Waals surface area contributed by atoms with Crippen LogP contribution in [0.3, 0.4) is 0 Å². The Kier molecular flexibility index (Phi) is 5.90. The van der Waals surface area contributed by atoms with E-state index in [1.807, 2.05) is 45.3 Å². The highest BCUT2D eigenvalue weighted by Crippen LogP contribution is 2.14. The van der Waals surface area contributed by atoms with E-state index in [1.54, 1.807) is 22.3 Å². The summed E-state index contributed by atoms with van der Waals surface area (Å²) in [4.78, 5) is 19.3. The van der Waals surface area contributed by atoms with Gasteiger partial charge in [-0.2, -0.15) is 0 Å². The molecule has 116 valence electrons. The third-order valence-electron chi connectivity index (χ3n) is 3.46. The fourth-order valence-corrected chi connectivity index (χ4v) is 3.02. The van der Waals surface area contributed by atoms with Crippen molar-refractivity contribution in [2.45, 2.75) is 33.2 Å². The minimum atomic E-state index is 0.0524. The zero-order valence-electron chi connectivity index (χ0n) is 13.4. The largest absolute Gasteiger partial charge is 0.337 e. The van der Waals surface area contributed by atoms with Crippen LogP contribution in [-0.4, -0.2) is 22.8 Å². The number of aromatic nitrogens is 1. The number of carbonyl (C=O) groups is 1. The molecule has 0 unspecified atom stereocenters. The summed E-state index contributed by atoms with van der Waals surface area (Å²) < 4.78 is 0. The molecule has 1 amide bonds. The van der Waals surface area contributed by atoms with E-state index in [9.17, 15) is 4.79 Å². The zero-order valence-corrected chi connectivity index (χ0v) is 14.2. The second-order valence-electron chi connectivity index (χ2n) is 5.52. The van der Waals surface area contributed by atoms with Gasteiger partial charge in [0.05, 0.1) is 11.6 Å². The standard InChI is InChI=1S/C18H22N2OS/c1-14(9-10-16-7-5-4-6-8-16)11-18(21)20(3)13-17-12-19-15(2)22-17/h4-8,11-12H,9-10,13H2,1-3H3. The highest BCUT2D eigenvalue weighted by Gasteiger charge is 2.09. The first-order valence-electron chi connectivity index (χ1n) is 7.42. The number of likely N-dealkylation sites (N-methyl/N-ethyl adjacent to an activating group) is 1. The van der Waals surface area contributed by atoms with Gasteiger partial charge >= 0.3 is 0 Å². The van der Waals surface area contributed by atoms with Crippen LogP contribution < -0.4 is 0 Å². The SMILES string of the molecule is CC(=CC(=O)N(C)Cc1cnc(C)s1)CCc1ccccc1. The molecule has 0 aliphatic heterocycles. The Hall–Kier alpha value is -1.94. The van der Waals surface area contributed by atoms with Gasteiger partial charge < -0.3 is 4.90 Å². The molecule has 0 saturated heterocycles. The fourth-order valence-electron chi connectivity index (χ4n) is 2.17. The molecule has 0 radical (unpaired) electrons. The molecule has 1 heterocycles. The van der Waals surface area contributed by atoms with Crippen LogP contribution in [0.2, 0.25) is 0 Å². The predicted octanol–water partition coefficient (Wildman–Crippen LogP) is 3.99. The Balaban J connectivity index is 1.85.